The molecule has 0 atom stereocenters. The molecule has 0 aliphatic heterocycles. The minimum Gasteiger partial charge on any atom is -0.740 e. The molecular formula is C10H9AuN4OS. The Morgan fingerprint density at radius 3 is 2.82 bits per heavy atom. The van der Waals surface area contributed by atoms with Gasteiger partial charge in [0.1, 0.15) is 6.33 Å². The molecule has 92 valence electrons. The van der Waals surface area contributed by atoms with Crippen LogP contribution in [0.4, 0.5) is 5.69 Å². The van der Waals surface area contributed by atoms with Crippen LogP contribution in [0.1, 0.15) is 6.92 Å². The van der Waals surface area contributed by atoms with Gasteiger partial charge in [0.25, 0.3) is 0 Å². The van der Waals surface area contributed by atoms with Crippen molar-refractivity contribution in [2.45, 2.75) is 12.1 Å². The number of carbonyl (C=O) groups is 1. The number of aromatic nitrogens is 3. The van der Waals surface area contributed by atoms with Gasteiger partial charge in [-0.3, -0.25) is 4.79 Å². The van der Waals surface area contributed by atoms with Crippen molar-refractivity contribution in [3.05, 3.63) is 30.6 Å². The Morgan fingerprint density at radius 1 is 1.47 bits per heavy atom. The van der Waals surface area contributed by atoms with Gasteiger partial charge in [-0.05, 0) is 18.2 Å². The normalized spacial score (nSPS) is 9.47. The van der Waals surface area contributed by atoms with Crippen molar-refractivity contribution in [1.29, 1.82) is 0 Å². The fourth-order valence-electron chi connectivity index (χ4n) is 1.34. The molecule has 1 aromatic heterocycles. The van der Waals surface area contributed by atoms with Crippen LogP contribution in [0.5, 0.6) is 0 Å². The van der Waals surface area contributed by atoms with E-state index in [4.69, 9.17) is 12.6 Å². The molecule has 1 N–H and O–H groups in total. The Balaban J connectivity index is 0.00000144. The monoisotopic (exact) mass is 430 g/mol. The molecule has 0 unspecified atom stereocenters. The number of nitrogens with zero attached hydrogens (tertiary/aromatic N) is 3. The standard InChI is InChI=1S/C10H10N4OS.Au/c1-7(15)12-8-3-2-4-9(5-8)14-6-11-13-10(14)16;/h2-6H,1H3,(H,12,15)(H,13,16);/q;+1/p-1. The zero-order valence-corrected chi connectivity index (χ0v) is 11.8. The molecular weight excluding hydrogens is 421 g/mol. The van der Waals surface area contributed by atoms with E-state index in [1.54, 1.807) is 16.7 Å². The van der Waals surface area contributed by atoms with E-state index >= 15 is 0 Å². The van der Waals surface area contributed by atoms with Crippen LogP contribution in [0.2, 0.25) is 0 Å². The molecule has 0 aliphatic rings. The number of hydrogen-bond donors (Lipinski definition) is 1. The molecule has 2 rings (SSSR count). The van der Waals surface area contributed by atoms with Crippen molar-refractivity contribution in [2.24, 2.45) is 0 Å². The smallest absolute Gasteiger partial charge is 0.740 e. The summed E-state index contributed by atoms with van der Waals surface area (Å²) < 4.78 is 1.67. The Hall–Kier alpha value is -1.21. The van der Waals surface area contributed by atoms with E-state index in [1.165, 1.54) is 13.3 Å². The van der Waals surface area contributed by atoms with Crippen LogP contribution in [0.15, 0.2) is 35.7 Å². The molecule has 5 nitrogen and oxygen atoms in total. The summed E-state index contributed by atoms with van der Waals surface area (Å²) in [6, 6.07) is 7.30. The van der Waals surface area contributed by atoms with Crippen LogP contribution in [0.3, 0.4) is 0 Å². The van der Waals surface area contributed by atoms with Crippen LogP contribution in [0.25, 0.3) is 5.69 Å². The van der Waals surface area contributed by atoms with Crippen molar-refractivity contribution >= 4 is 24.2 Å². The van der Waals surface area contributed by atoms with Gasteiger partial charge in [-0.15, -0.1) is 5.10 Å². The largest absolute Gasteiger partial charge is 1.00 e. The first-order valence-electron chi connectivity index (χ1n) is 4.62. The number of nitrogens with one attached hydrogen (secondary N) is 1. The Morgan fingerprint density at radius 2 is 2.24 bits per heavy atom. The maximum Gasteiger partial charge on any atom is 1.00 e. The first kappa shape index (κ1) is 13.9. The molecule has 0 saturated heterocycles. The molecule has 0 bridgehead atoms. The SMILES string of the molecule is CC(=O)Nc1cccc(-n2cnnc2[S-])c1.[Au+]. The van der Waals surface area contributed by atoms with Crippen molar-refractivity contribution in [3.63, 3.8) is 0 Å². The summed E-state index contributed by atoms with van der Waals surface area (Å²) in [6.07, 6.45) is 1.54. The average Bonchev–Trinajstić information content (AvgIpc) is 2.64. The molecule has 17 heavy (non-hydrogen) atoms. The zero-order chi connectivity index (χ0) is 11.5. The van der Waals surface area contributed by atoms with E-state index in [9.17, 15) is 4.79 Å². The third-order valence-corrected chi connectivity index (χ3v) is 2.24. The van der Waals surface area contributed by atoms with Crippen LogP contribution < -0.4 is 5.32 Å². The number of anilines is 1. The summed E-state index contributed by atoms with van der Waals surface area (Å²) in [5.74, 6) is -0.112. The van der Waals surface area contributed by atoms with Gasteiger partial charge in [-0.1, -0.05) is 6.07 Å². The summed E-state index contributed by atoms with van der Waals surface area (Å²) >= 11 is 5.00. The van der Waals surface area contributed by atoms with Gasteiger partial charge in [-0.2, -0.15) is 5.10 Å². The fraction of sp³-hybridized carbons (Fsp3) is 0.100. The van der Waals surface area contributed by atoms with Gasteiger partial charge >= 0.3 is 22.4 Å². The molecule has 1 heterocycles. The maximum absolute atomic E-state index is 10.9. The maximum atomic E-state index is 10.9. The van der Waals surface area contributed by atoms with Gasteiger partial charge in [-0.25, -0.2) is 0 Å². The second kappa shape index (κ2) is 5.92. The Bertz CT molecular complexity index is 529. The number of amides is 1. The van der Waals surface area contributed by atoms with Gasteiger partial charge in [0, 0.05) is 23.5 Å². The topological polar surface area (TPSA) is 59.8 Å². The van der Waals surface area contributed by atoms with Gasteiger partial charge in [0.05, 0.1) is 0 Å². The number of hydrogen-bond acceptors (Lipinski definition) is 4. The van der Waals surface area contributed by atoms with Gasteiger partial charge in [0.15, 0.2) is 0 Å². The molecule has 7 heteroatoms. The molecule has 0 fully saturated rings. The van der Waals surface area contributed by atoms with E-state index in [1.807, 2.05) is 12.1 Å². The molecule has 0 radical (unpaired) electrons. The molecule has 1 amide bonds. The third-order valence-electron chi connectivity index (χ3n) is 1.96. The molecule has 2 aromatic rings. The third kappa shape index (κ3) is 3.37. The summed E-state index contributed by atoms with van der Waals surface area (Å²) in [4.78, 5) is 10.9. The minimum absolute atomic E-state index is 0. The number of benzene rings is 1. The fourth-order valence-corrected chi connectivity index (χ4v) is 1.54. The van der Waals surface area contributed by atoms with Crippen LogP contribution in [-0.2, 0) is 39.8 Å². The van der Waals surface area contributed by atoms with E-state index in [2.05, 4.69) is 15.5 Å². The number of carbonyl (C=O) groups excluding carboxylic acids is 1. The van der Waals surface area contributed by atoms with Gasteiger partial charge < -0.3 is 22.5 Å². The van der Waals surface area contributed by atoms with E-state index < -0.39 is 0 Å². The van der Waals surface area contributed by atoms with Crippen LogP contribution in [-0.4, -0.2) is 20.7 Å². The molecule has 0 spiro atoms. The van der Waals surface area contributed by atoms with Crippen molar-refractivity contribution < 1.29 is 27.2 Å². The first-order chi connectivity index (χ1) is 7.66. The van der Waals surface area contributed by atoms with Crippen molar-refractivity contribution in [2.75, 3.05) is 5.32 Å². The van der Waals surface area contributed by atoms with E-state index in [0.717, 1.165) is 5.69 Å². The Kier molecular flexibility index (Phi) is 4.83. The average molecular weight is 430 g/mol. The quantitative estimate of drug-likeness (QED) is 0.574. The van der Waals surface area contributed by atoms with E-state index in [-0.39, 0.29) is 28.3 Å². The van der Waals surface area contributed by atoms with Crippen LogP contribution in [0, 0.1) is 0 Å². The summed E-state index contributed by atoms with van der Waals surface area (Å²) in [5, 5.41) is 10.5. The second-order valence-electron chi connectivity index (χ2n) is 3.22. The molecule has 0 saturated carbocycles. The summed E-state index contributed by atoms with van der Waals surface area (Å²) in [6.45, 7) is 1.46. The van der Waals surface area contributed by atoms with Crippen molar-refractivity contribution in [3.8, 4) is 5.69 Å². The first-order valence-corrected chi connectivity index (χ1v) is 5.03. The van der Waals surface area contributed by atoms with Crippen molar-refractivity contribution in [1.82, 2.24) is 14.8 Å². The summed E-state index contributed by atoms with van der Waals surface area (Å²) in [5.41, 5.74) is 1.54. The molecule has 1 aromatic carbocycles. The molecule has 0 aliphatic carbocycles. The number of rotatable bonds is 2. The van der Waals surface area contributed by atoms with Crippen LogP contribution >= 0.6 is 0 Å². The Labute approximate surface area is 120 Å². The predicted octanol–water partition coefficient (Wildman–Crippen LogP) is 1.13. The van der Waals surface area contributed by atoms with Gasteiger partial charge in [0.2, 0.25) is 5.91 Å². The minimum atomic E-state index is -0.112. The predicted molar refractivity (Wildman–Crippen MR) is 61.3 cm³/mol. The summed E-state index contributed by atoms with van der Waals surface area (Å²) in [7, 11) is 0. The van der Waals surface area contributed by atoms with E-state index in [0.29, 0.717) is 10.8 Å². The zero-order valence-electron chi connectivity index (χ0n) is 8.85. The second-order valence-corrected chi connectivity index (χ2v) is 3.58.